The zero-order valence-corrected chi connectivity index (χ0v) is 20.4. The summed E-state index contributed by atoms with van der Waals surface area (Å²) in [5.41, 5.74) is 7.05. The Hall–Kier alpha value is -3.61. The number of rotatable bonds is 5. The lowest BCUT2D eigenvalue weighted by Gasteiger charge is -2.44. The molecule has 8 nitrogen and oxygen atoms in total. The molecule has 0 aliphatic carbocycles. The molecule has 1 aromatic carbocycles. The highest BCUT2D eigenvalue weighted by Crippen LogP contribution is 2.31. The van der Waals surface area contributed by atoms with E-state index in [-0.39, 0.29) is 11.9 Å². The molecule has 4 aromatic rings. The van der Waals surface area contributed by atoms with E-state index in [1.165, 1.54) is 22.7 Å². The molecule has 38 heavy (non-hydrogen) atoms. The monoisotopic (exact) mass is 526 g/mol. The molecule has 6 rings (SSSR count). The van der Waals surface area contributed by atoms with E-state index in [2.05, 4.69) is 30.6 Å². The topological polar surface area (TPSA) is 73.6 Å². The van der Waals surface area contributed by atoms with Gasteiger partial charge in [0.25, 0.3) is 0 Å². The number of nitrogens with zero attached hydrogens (tertiary/aromatic N) is 6. The Morgan fingerprint density at radius 1 is 0.974 bits per heavy atom. The fourth-order valence-electron chi connectivity index (χ4n) is 5.26. The van der Waals surface area contributed by atoms with Crippen molar-refractivity contribution in [1.29, 1.82) is 0 Å². The number of alkyl halides is 3. The average molecular weight is 527 g/mol. The van der Waals surface area contributed by atoms with Gasteiger partial charge in [-0.15, -0.1) is 0 Å². The van der Waals surface area contributed by atoms with Crippen molar-refractivity contribution in [3.8, 4) is 11.5 Å². The number of pyridine rings is 1. The number of hydrogen-bond donors (Lipinski definition) is 2. The molecule has 0 amide bonds. The number of piperazine rings is 1. The van der Waals surface area contributed by atoms with Crippen LogP contribution in [0.15, 0.2) is 61.1 Å². The highest BCUT2D eigenvalue weighted by Gasteiger charge is 2.36. The van der Waals surface area contributed by atoms with Crippen molar-refractivity contribution < 1.29 is 17.6 Å². The highest BCUT2D eigenvalue weighted by molar-refractivity contribution is 5.59. The summed E-state index contributed by atoms with van der Waals surface area (Å²) in [4.78, 5) is 17.8. The second kappa shape index (κ2) is 9.93. The summed E-state index contributed by atoms with van der Waals surface area (Å²) in [6, 6.07) is 11.1. The molecular weight excluding hydrogens is 500 g/mol. The van der Waals surface area contributed by atoms with E-state index in [1.807, 2.05) is 18.2 Å². The molecule has 1 unspecified atom stereocenters. The van der Waals surface area contributed by atoms with Gasteiger partial charge in [-0.2, -0.15) is 13.2 Å². The van der Waals surface area contributed by atoms with Crippen LogP contribution in [-0.4, -0.2) is 63.0 Å². The number of anilines is 1. The van der Waals surface area contributed by atoms with Gasteiger partial charge in [-0.3, -0.25) is 20.2 Å². The van der Waals surface area contributed by atoms with E-state index >= 15 is 0 Å². The van der Waals surface area contributed by atoms with E-state index in [0.717, 1.165) is 25.4 Å². The third kappa shape index (κ3) is 4.82. The second-order valence-corrected chi connectivity index (χ2v) is 9.62. The van der Waals surface area contributed by atoms with Crippen molar-refractivity contribution in [2.75, 3.05) is 37.6 Å². The van der Waals surface area contributed by atoms with Crippen LogP contribution in [0.25, 0.3) is 17.2 Å². The summed E-state index contributed by atoms with van der Waals surface area (Å²) in [7, 11) is 0. The van der Waals surface area contributed by atoms with Crippen molar-refractivity contribution in [2.45, 2.75) is 18.8 Å². The summed E-state index contributed by atoms with van der Waals surface area (Å²) in [5, 5.41) is 0. The minimum Gasteiger partial charge on any atom is -0.354 e. The van der Waals surface area contributed by atoms with Crippen LogP contribution in [0.3, 0.4) is 0 Å². The standard InChI is InChI=1S/C26H26F4N8/c27-20-4-2-1-3-17(20)14-36-9-10-37(16-22(36)18-11-33-34-12-18)24-7-8-31-25(35-24)21-13-32-23-6-5-19(15-38(21)23)26(28,29)30/h1-8,13,15,18,22,33-34H,9-12,14,16H2. The van der Waals surface area contributed by atoms with E-state index in [0.29, 0.717) is 60.6 Å². The molecule has 0 bridgehead atoms. The second-order valence-electron chi connectivity index (χ2n) is 9.62. The number of aromatic nitrogens is 4. The van der Waals surface area contributed by atoms with Gasteiger partial charge in [-0.1, -0.05) is 18.2 Å². The summed E-state index contributed by atoms with van der Waals surface area (Å²) in [5.74, 6) is 1.08. The molecule has 2 N–H and O–H groups in total. The first-order valence-electron chi connectivity index (χ1n) is 12.4. The molecule has 1 atom stereocenters. The number of halogens is 4. The van der Waals surface area contributed by atoms with Crippen molar-refractivity contribution >= 4 is 11.5 Å². The minimum atomic E-state index is -4.47. The normalized spacial score (nSPS) is 19.5. The lowest BCUT2D eigenvalue weighted by molar-refractivity contribution is -0.137. The van der Waals surface area contributed by atoms with Gasteiger partial charge in [-0.25, -0.2) is 19.3 Å². The zero-order chi connectivity index (χ0) is 26.3. The fraction of sp³-hybridized carbons (Fsp3) is 0.346. The number of benzene rings is 1. The summed E-state index contributed by atoms with van der Waals surface area (Å²) in [6.07, 6.45) is -0.352. The molecule has 2 aliphatic rings. The predicted octanol–water partition coefficient (Wildman–Crippen LogP) is 3.36. The first-order valence-corrected chi connectivity index (χ1v) is 12.4. The van der Waals surface area contributed by atoms with Crippen LogP contribution in [0.5, 0.6) is 0 Å². The first kappa shape index (κ1) is 24.7. The van der Waals surface area contributed by atoms with Crippen LogP contribution < -0.4 is 15.8 Å². The Bertz CT molecular complexity index is 1430. The third-order valence-corrected chi connectivity index (χ3v) is 7.29. The molecule has 5 heterocycles. The smallest absolute Gasteiger partial charge is 0.354 e. The molecule has 2 saturated heterocycles. The largest absolute Gasteiger partial charge is 0.417 e. The highest BCUT2D eigenvalue weighted by atomic mass is 19.4. The lowest BCUT2D eigenvalue weighted by Crippen LogP contribution is -2.56. The summed E-state index contributed by atoms with van der Waals surface area (Å²) in [6.45, 7) is 4.15. The fourth-order valence-corrected chi connectivity index (χ4v) is 5.26. The van der Waals surface area contributed by atoms with Crippen LogP contribution in [0.4, 0.5) is 23.4 Å². The Balaban J connectivity index is 1.28. The van der Waals surface area contributed by atoms with Crippen LogP contribution in [0, 0.1) is 11.7 Å². The lowest BCUT2D eigenvalue weighted by atomic mass is 9.96. The van der Waals surface area contributed by atoms with Gasteiger partial charge < -0.3 is 4.90 Å². The van der Waals surface area contributed by atoms with Gasteiger partial charge in [0.2, 0.25) is 0 Å². The Morgan fingerprint density at radius 3 is 2.58 bits per heavy atom. The Kier molecular flexibility index (Phi) is 6.46. The number of hydrazine groups is 1. The van der Waals surface area contributed by atoms with Crippen molar-refractivity contribution in [1.82, 2.24) is 35.1 Å². The number of fused-ring (bicyclic) bond motifs is 1. The minimum absolute atomic E-state index is 0.134. The molecule has 2 aliphatic heterocycles. The Labute approximate surface area is 216 Å². The maximum atomic E-state index is 14.4. The first-order chi connectivity index (χ1) is 18.4. The quantitative estimate of drug-likeness (QED) is 0.387. The van der Waals surface area contributed by atoms with Gasteiger partial charge >= 0.3 is 6.18 Å². The van der Waals surface area contributed by atoms with Gasteiger partial charge in [0.15, 0.2) is 5.82 Å². The molecule has 12 heteroatoms. The van der Waals surface area contributed by atoms with Gasteiger partial charge in [-0.05, 0) is 24.3 Å². The Morgan fingerprint density at radius 2 is 1.79 bits per heavy atom. The van der Waals surface area contributed by atoms with E-state index in [9.17, 15) is 17.6 Å². The van der Waals surface area contributed by atoms with Gasteiger partial charge in [0.1, 0.15) is 23.0 Å². The molecule has 0 radical (unpaired) electrons. The van der Waals surface area contributed by atoms with Gasteiger partial charge in [0, 0.05) is 69.2 Å². The molecule has 2 fully saturated rings. The number of imidazole rings is 1. The van der Waals surface area contributed by atoms with E-state index in [1.54, 1.807) is 12.3 Å². The number of nitrogens with one attached hydrogen (secondary N) is 2. The maximum absolute atomic E-state index is 14.4. The van der Waals surface area contributed by atoms with Crippen LogP contribution in [-0.2, 0) is 12.7 Å². The van der Waals surface area contributed by atoms with Crippen LogP contribution in [0.2, 0.25) is 0 Å². The molecule has 198 valence electrons. The SMILES string of the molecule is Fc1ccccc1CN1CCN(c2ccnc(-c3cnc4ccc(C(F)(F)F)cn34)n2)CC1C1CNNC1. The molecule has 0 saturated carbocycles. The van der Waals surface area contributed by atoms with Crippen LogP contribution in [0.1, 0.15) is 11.1 Å². The van der Waals surface area contributed by atoms with Crippen molar-refractivity contribution in [3.63, 3.8) is 0 Å². The van der Waals surface area contributed by atoms with Crippen LogP contribution >= 0.6 is 0 Å². The summed E-state index contributed by atoms with van der Waals surface area (Å²) >= 11 is 0. The zero-order valence-electron chi connectivity index (χ0n) is 20.4. The van der Waals surface area contributed by atoms with Crippen molar-refractivity contribution in [2.24, 2.45) is 5.92 Å². The maximum Gasteiger partial charge on any atom is 0.417 e. The summed E-state index contributed by atoms with van der Waals surface area (Å²) < 4.78 is 55.7. The molecule has 3 aromatic heterocycles. The number of hydrogen-bond acceptors (Lipinski definition) is 7. The average Bonchev–Trinajstić information content (AvgIpc) is 3.60. The van der Waals surface area contributed by atoms with E-state index < -0.39 is 11.7 Å². The van der Waals surface area contributed by atoms with Gasteiger partial charge in [0.05, 0.1) is 11.8 Å². The molecule has 0 spiro atoms. The molecular formula is C26H26F4N8. The van der Waals surface area contributed by atoms with E-state index in [4.69, 9.17) is 4.98 Å². The predicted molar refractivity (Wildman–Crippen MR) is 134 cm³/mol. The third-order valence-electron chi connectivity index (χ3n) is 7.29. The van der Waals surface area contributed by atoms with Crippen molar-refractivity contribution in [3.05, 3.63) is 78.0 Å².